The van der Waals surface area contributed by atoms with Crippen LogP contribution in [0, 0.1) is 11.3 Å². The lowest BCUT2D eigenvalue weighted by Crippen LogP contribution is -2.14. The molecule has 0 unspecified atom stereocenters. The molecule has 0 bridgehead atoms. The van der Waals surface area contributed by atoms with Crippen LogP contribution in [-0.2, 0) is 25.7 Å². The van der Waals surface area contributed by atoms with E-state index in [9.17, 15) is 5.26 Å². The van der Waals surface area contributed by atoms with E-state index in [1.54, 1.807) is 0 Å². The number of nitrogens with one attached hydrogen (secondary N) is 2. The van der Waals surface area contributed by atoms with Crippen molar-refractivity contribution in [2.45, 2.75) is 63.4 Å². The number of benzene rings is 1. The molecule has 2 aromatic rings. The monoisotopic (exact) mass is 379 g/mol. The van der Waals surface area contributed by atoms with E-state index in [1.807, 2.05) is 6.26 Å². The Kier molecular flexibility index (Phi) is 4.92. The molecular formula is C22H25N3OS. The summed E-state index contributed by atoms with van der Waals surface area (Å²) in [5.74, 6) is 1.20. The zero-order valence-corrected chi connectivity index (χ0v) is 16.8. The van der Waals surface area contributed by atoms with E-state index in [0.29, 0.717) is 5.92 Å². The molecule has 1 aromatic heterocycles. The highest BCUT2D eigenvalue weighted by Gasteiger charge is 2.28. The molecule has 27 heavy (non-hydrogen) atoms. The van der Waals surface area contributed by atoms with Crippen molar-refractivity contribution in [2.24, 2.45) is 0 Å². The van der Waals surface area contributed by atoms with E-state index in [4.69, 9.17) is 4.42 Å². The first-order chi connectivity index (χ1) is 13.1. The smallest absolute Gasteiger partial charge is 0.180 e. The quantitative estimate of drug-likeness (QED) is 0.655. The van der Waals surface area contributed by atoms with Gasteiger partial charge < -0.3 is 14.5 Å². The molecular weight excluding hydrogens is 354 g/mol. The van der Waals surface area contributed by atoms with Crippen molar-refractivity contribution in [3.63, 3.8) is 0 Å². The number of nitrogens with zero attached hydrogens (tertiary/aromatic N) is 1. The lowest BCUT2D eigenvalue weighted by molar-refractivity contribution is 0.471. The van der Waals surface area contributed by atoms with Crippen LogP contribution in [0.15, 0.2) is 34.2 Å². The largest absolute Gasteiger partial charge is 0.456 e. The second-order valence-electron chi connectivity index (χ2n) is 7.64. The van der Waals surface area contributed by atoms with Gasteiger partial charge in [0.05, 0.1) is 17.9 Å². The van der Waals surface area contributed by atoms with Crippen molar-refractivity contribution < 1.29 is 4.42 Å². The molecule has 4 nitrogen and oxygen atoms in total. The third-order valence-electron chi connectivity index (χ3n) is 5.57. The third kappa shape index (κ3) is 3.35. The summed E-state index contributed by atoms with van der Waals surface area (Å²) < 4.78 is 8.86. The zero-order chi connectivity index (χ0) is 19.0. The van der Waals surface area contributed by atoms with Crippen LogP contribution in [0.5, 0.6) is 0 Å². The predicted octanol–water partition coefficient (Wildman–Crippen LogP) is 5.43. The van der Waals surface area contributed by atoms with Gasteiger partial charge in [0, 0.05) is 17.6 Å². The molecule has 1 aromatic carbocycles. The molecule has 2 aliphatic carbocycles. The Morgan fingerprint density at radius 3 is 2.33 bits per heavy atom. The van der Waals surface area contributed by atoms with Crippen LogP contribution in [0.25, 0.3) is 0 Å². The van der Waals surface area contributed by atoms with Crippen LogP contribution in [-0.4, -0.2) is 0 Å². The summed E-state index contributed by atoms with van der Waals surface area (Å²) in [5, 5.41) is 14.0. The van der Waals surface area contributed by atoms with Gasteiger partial charge >= 0.3 is 0 Å². The van der Waals surface area contributed by atoms with Gasteiger partial charge in [0.15, 0.2) is 5.09 Å². The Balaban J connectivity index is 1.53. The fraction of sp³-hybridized carbons (Fsp3) is 0.409. The predicted molar refractivity (Wildman–Crippen MR) is 110 cm³/mol. The molecule has 0 fully saturated rings. The van der Waals surface area contributed by atoms with Gasteiger partial charge in [0.2, 0.25) is 0 Å². The van der Waals surface area contributed by atoms with E-state index in [0.717, 1.165) is 55.0 Å². The number of anilines is 1. The first-order valence-corrected chi connectivity index (χ1v) is 10.5. The van der Waals surface area contributed by atoms with Crippen molar-refractivity contribution >= 4 is 17.6 Å². The van der Waals surface area contributed by atoms with Gasteiger partial charge in [-0.1, -0.05) is 20.4 Å². The maximum absolute atomic E-state index is 9.68. The molecule has 0 saturated carbocycles. The first-order valence-electron chi connectivity index (χ1n) is 9.65. The van der Waals surface area contributed by atoms with Gasteiger partial charge in [-0.25, -0.2) is 0 Å². The Morgan fingerprint density at radius 1 is 1.15 bits per heavy atom. The Labute approximate surface area is 165 Å². The number of fused-ring (bicyclic) bond motifs is 2. The third-order valence-corrected chi connectivity index (χ3v) is 6.33. The summed E-state index contributed by atoms with van der Waals surface area (Å²) in [6, 6.07) is 4.55. The summed E-state index contributed by atoms with van der Waals surface area (Å²) in [4.78, 5) is 0. The van der Waals surface area contributed by atoms with E-state index in [1.165, 1.54) is 45.5 Å². The maximum Gasteiger partial charge on any atom is 0.180 e. The lowest BCUT2D eigenvalue weighted by atomic mass is 9.92. The minimum Gasteiger partial charge on any atom is -0.456 e. The molecule has 4 rings (SSSR count). The van der Waals surface area contributed by atoms with Crippen LogP contribution in [0.1, 0.15) is 66.0 Å². The molecule has 0 atom stereocenters. The summed E-state index contributed by atoms with van der Waals surface area (Å²) in [5.41, 5.74) is 8.49. The zero-order valence-electron chi connectivity index (χ0n) is 15.9. The average Bonchev–Trinajstić information content (AvgIpc) is 3.39. The molecule has 2 aliphatic rings. The molecule has 0 spiro atoms. The van der Waals surface area contributed by atoms with Gasteiger partial charge in [0.25, 0.3) is 0 Å². The second kappa shape index (κ2) is 7.36. The summed E-state index contributed by atoms with van der Waals surface area (Å²) >= 11 is 1.43. The van der Waals surface area contributed by atoms with Crippen molar-refractivity contribution in [3.8, 4) is 6.07 Å². The van der Waals surface area contributed by atoms with Gasteiger partial charge in [-0.05, 0) is 78.3 Å². The van der Waals surface area contributed by atoms with Crippen LogP contribution < -0.4 is 10.0 Å². The number of furan rings is 1. The second-order valence-corrected chi connectivity index (χ2v) is 8.46. The Bertz CT molecular complexity index is 901. The van der Waals surface area contributed by atoms with Crippen molar-refractivity contribution in [2.75, 3.05) is 5.32 Å². The fourth-order valence-corrected chi connectivity index (χ4v) is 4.78. The van der Waals surface area contributed by atoms with Gasteiger partial charge in [-0.2, -0.15) is 5.26 Å². The standard InChI is InChI=1S/C22H25N3OS/c1-13(2)15-10-21(26-12-15)27-25-14(3)24-22-18-8-4-6-16(18)20(11-23)17-7-5-9-19(17)22/h10,12-13,24-25H,3-9H2,1-2H3. The van der Waals surface area contributed by atoms with E-state index < -0.39 is 0 Å². The summed E-state index contributed by atoms with van der Waals surface area (Å²) in [7, 11) is 0. The molecule has 0 aliphatic heterocycles. The molecule has 0 amide bonds. The van der Waals surface area contributed by atoms with Crippen LogP contribution >= 0.6 is 11.9 Å². The molecule has 0 radical (unpaired) electrons. The van der Waals surface area contributed by atoms with Gasteiger partial charge in [-0.15, -0.1) is 0 Å². The summed E-state index contributed by atoms with van der Waals surface area (Å²) in [6.07, 6.45) is 8.16. The highest BCUT2D eigenvalue weighted by Crippen LogP contribution is 2.42. The van der Waals surface area contributed by atoms with Crippen molar-refractivity contribution in [1.82, 2.24) is 4.72 Å². The first kappa shape index (κ1) is 18.1. The maximum atomic E-state index is 9.68. The fourth-order valence-electron chi connectivity index (χ4n) is 4.22. The average molecular weight is 380 g/mol. The molecule has 5 heteroatoms. The van der Waals surface area contributed by atoms with Gasteiger partial charge in [-0.3, -0.25) is 0 Å². The van der Waals surface area contributed by atoms with E-state index in [-0.39, 0.29) is 0 Å². The molecule has 1 heterocycles. The Hall–Kier alpha value is -2.32. The van der Waals surface area contributed by atoms with Crippen LogP contribution in [0.2, 0.25) is 0 Å². The van der Waals surface area contributed by atoms with E-state index in [2.05, 4.69) is 42.6 Å². The summed E-state index contributed by atoms with van der Waals surface area (Å²) in [6.45, 7) is 8.45. The van der Waals surface area contributed by atoms with Crippen molar-refractivity contribution in [1.29, 1.82) is 5.26 Å². The SMILES string of the molecule is C=C(NSc1cc(C(C)C)co1)Nc1c2c(c(C#N)c3c1CCC3)CCC2. The number of nitriles is 1. The molecule has 2 N–H and O–H groups in total. The molecule has 140 valence electrons. The topological polar surface area (TPSA) is 61.0 Å². The number of rotatable bonds is 6. The minimum atomic E-state index is 0.452. The van der Waals surface area contributed by atoms with Crippen molar-refractivity contribution in [3.05, 3.63) is 58.1 Å². The Morgan fingerprint density at radius 2 is 1.78 bits per heavy atom. The number of hydrogen-bond donors (Lipinski definition) is 2. The number of hydrogen-bond acceptors (Lipinski definition) is 5. The molecule has 0 saturated heterocycles. The highest BCUT2D eigenvalue weighted by molar-refractivity contribution is 7.97. The minimum absolute atomic E-state index is 0.452. The lowest BCUT2D eigenvalue weighted by Gasteiger charge is -2.19. The van der Waals surface area contributed by atoms with Crippen LogP contribution in [0.4, 0.5) is 5.69 Å². The van der Waals surface area contributed by atoms with Crippen LogP contribution in [0.3, 0.4) is 0 Å². The van der Waals surface area contributed by atoms with E-state index >= 15 is 0 Å². The normalized spacial score (nSPS) is 14.7. The van der Waals surface area contributed by atoms with Gasteiger partial charge in [0.1, 0.15) is 5.82 Å². The highest BCUT2D eigenvalue weighted by atomic mass is 32.2.